The second-order valence-electron chi connectivity index (χ2n) is 4.59. The minimum absolute atomic E-state index is 0.425. The van der Waals surface area contributed by atoms with Gasteiger partial charge in [-0.05, 0) is 46.5 Å². The number of carbonyl (C=O) groups is 1. The molecule has 88 valence electrons. The van der Waals surface area contributed by atoms with Gasteiger partial charge in [0.25, 0.3) is 0 Å². The number of carboxylic acids is 1. The second kappa shape index (κ2) is 5.55. The zero-order valence-corrected chi connectivity index (χ0v) is 10.2. The average molecular weight is 224 g/mol. The van der Waals surface area contributed by atoms with E-state index in [9.17, 15) is 4.79 Å². The molecular formula is C12H16O4. The van der Waals surface area contributed by atoms with Crippen molar-refractivity contribution in [1.29, 1.82) is 0 Å². The van der Waals surface area contributed by atoms with Gasteiger partial charge in [0.05, 0.1) is 5.60 Å². The Hall–Kier alpha value is -1.49. The number of hydrogen-bond acceptors (Lipinski definition) is 3. The minimum Gasteiger partial charge on any atom is -0.472 e. The highest BCUT2D eigenvalue weighted by atomic mass is 17.2. The molecule has 4 heteroatoms. The fourth-order valence-electron chi connectivity index (χ4n) is 0.516. The van der Waals surface area contributed by atoms with Crippen LogP contribution in [-0.2, 0) is 14.6 Å². The van der Waals surface area contributed by atoms with E-state index in [4.69, 9.17) is 14.9 Å². The van der Waals surface area contributed by atoms with Crippen molar-refractivity contribution in [1.82, 2.24) is 0 Å². The molecule has 0 unspecified atom stereocenters. The SMILES string of the molecule is CC(C)(C)OOC(C)(C)C#CC#CC(=O)O. The van der Waals surface area contributed by atoms with E-state index in [0.29, 0.717) is 0 Å². The smallest absolute Gasteiger partial charge is 0.382 e. The molecule has 0 amide bonds. The maximum Gasteiger partial charge on any atom is 0.382 e. The summed E-state index contributed by atoms with van der Waals surface area (Å²) in [6.07, 6.45) is 0. The van der Waals surface area contributed by atoms with Gasteiger partial charge in [-0.25, -0.2) is 14.6 Å². The van der Waals surface area contributed by atoms with Crippen LogP contribution in [0.3, 0.4) is 0 Å². The Morgan fingerprint density at radius 2 is 1.62 bits per heavy atom. The summed E-state index contributed by atoms with van der Waals surface area (Å²) in [7, 11) is 0. The first-order chi connectivity index (χ1) is 7.12. The Morgan fingerprint density at radius 1 is 1.06 bits per heavy atom. The molecule has 0 radical (unpaired) electrons. The van der Waals surface area contributed by atoms with Crippen molar-refractivity contribution in [2.45, 2.75) is 45.8 Å². The van der Waals surface area contributed by atoms with E-state index < -0.39 is 17.2 Å². The van der Waals surface area contributed by atoms with Gasteiger partial charge in [0.1, 0.15) is 0 Å². The predicted molar refractivity (Wildman–Crippen MR) is 59.2 cm³/mol. The number of rotatable bonds is 2. The van der Waals surface area contributed by atoms with E-state index >= 15 is 0 Å². The molecule has 1 N–H and O–H groups in total. The van der Waals surface area contributed by atoms with Crippen LogP contribution in [0.2, 0.25) is 0 Å². The molecule has 0 aromatic carbocycles. The van der Waals surface area contributed by atoms with Gasteiger partial charge in [-0.3, -0.25) is 0 Å². The summed E-state index contributed by atoms with van der Waals surface area (Å²) >= 11 is 0. The quantitative estimate of drug-likeness (QED) is 0.440. The van der Waals surface area contributed by atoms with Crippen molar-refractivity contribution >= 4 is 5.97 Å². The zero-order chi connectivity index (χ0) is 12.8. The van der Waals surface area contributed by atoms with Crippen LogP contribution in [-0.4, -0.2) is 22.3 Å². The van der Waals surface area contributed by atoms with Crippen molar-refractivity contribution in [2.75, 3.05) is 0 Å². The van der Waals surface area contributed by atoms with Crippen LogP contribution in [0.25, 0.3) is 0 Å². The van der Waals surface area contributed by atoms with E-state index in [0.717, 1.165) is 0 Å². The Balaban J connectivity index is 4.36. The third-order valence-electron chi connectivity index (χ3n) is 1.10. The predicted octanol–water partition coefficient (Wildman–Crippen LogP) is 1.60. The molecule has 0 saturated carbocycles. The first kappa shape index (κ1) is 14.5. The molecule has 0 heterocycles. The molecule has 4 nitrogen and oxygen atoms in total. The van der Waals surface area contributed by atoms with Gasteiger partial charge < -0.3 is 5.11 Å². The Kier molecular flexibility index (Phi) is 5.04. The van der Waals surface area contributed by atoms with Gasteiger partial charge in [-0.15, -0.1) is 0 Å². The van der Waals surface area contributed by atoms with Crippen molar-refractivity contribution in [3.63, 3.8) is 0 Å². The fourth-order valence-corrected chi connectivity index (χ4v) is 0.516. The largest absolute Gasteiger partial charge is 0.472 e. The summed E-state index contributed by atoms with van der Waals surface area (Å²) in [5.74, 6) is 7.92. The summed E-state index contributed by atoms with van der Waals surface area (Å²) in [6, 6.07) is 0. The van der Waals surface area contributed by atoms with E-state index in [-0.39, 0.29) is 0 Å². The molecule has 0 aromatic rings. The molecular weight excluding hydrogens is 208 g/mol. The van der Waals surface area contributed by atoms with Crippen molar-refractivity contribution in [3.05, 3.63) is 0 Å². The van der Waals surface area contributed by atoms with E-state index in [1.54, 1.807) is 13.8 Å². The van der Waals surface area contributed by atoms with Gasteiger partial charge in [-0.1, -0.05) is 5.92 Å². The second-order valence-corrected chi connectivity index (χ2v) is 4.59. The van der Waals surface area contributed by atoms with Gasteiger partial charge >= 0.3 is 5.97 Å². The van der Waals surface area contributed by atoms with Crippen LogP contribution >= 0.6 is 0 Å². The molecule has 0 atom stereocenters. The molecule has 0 aliphatic heterocycles. The lowest BCUT2D eigenvalue weighted by molar-refractivity contribution is -0.384. The summed E-state index contributed by atoms with van der Waals surface area (Å²) in [6.45, 7) is 8.95. The summed E-state index contributed by atoms with van der Waals surface area (Å²) in [5.41, 5.74) is -1.26. The maximum atomic E-state index is 10.1. The lowest BCUT2D eigenvalue weighted by Gasteiger charge is -2.24. The monoisotopic (exact) mass is 224 g/mol. The van der Waals surface area contributed by atoms with Crippen LogP contribution in [0.1, 0.15) is 34.6 Å². The molecule has 0 aromatic heterocycles. The molecule has 0 rings (SSSR count). The minimum atomic E-state index is -1.21. The third-order valence-corrected chi connectivity index (χ3v) is 1.10. The highest BCUT2D eigenvalue weighted by molar-refractivity contribution is 5.87. The average Bonchev–Trinajstić information content (AvgIpc) is 2.08. The topological polar surface area (TPSA) is 55.8 Å². The van der Waals surface area contributed by atoms with Crippen LogP contribution in [0, 0.1) is 23.7 Å². The van der Waals surface area contributed by atoms with Crippen molar-refractivity contribution in [2.24, 2.45) is 0 Å². The highest BCUT2D eigenvalue weighted by Crippen LogP contribution is 2.14. The summed E-state index contributed by atoms with van der Waals surface area (Å²) in [5, 5.41) is 8.26. The fraction of sp³-hybridized carbons (Fsp3) is 0.583. The number of hydrogen-bond donors (Lipinski definition) is 1. The van der Waals surface area contributed by atoms with E-state index in [1.165, 1.54) is 0 Å². The highest BCUT2D eigenvalue weighted by Gasteiger charge is 2.21. The first-order valence-electron chi connectivity index (χ1n) is 4.75. The third kappa shape index (κ3) is 9.08. The maximum absolute atomic E-state index is 10.1. The standard InChI is InChI=1S/C12H16O4/c1-11(2,3)15-16-12(4,5)9-7-6-8-10(13)14/h1-5H3,(H,13,14). The van der Waals surface area contributed by atoms with Crippen LogP contribution in [0.4, 0.5) is 0 Å². The lowest BCUT2D eigenvalue weighted by Crippen LogP contribution is -2.29. The Labute approximate surface area is 95.9 Å². The molecule has 0 spiro atoms. The Bertz CT molecular complexity index is 366. The van der Waals surface area contributed by atoms with E-state index in [2.05, 4.69) is 17.8 Å². The molecule has 0 fully saturated rings. The number of carboxylic acid groups (broad SMARTS) is 1. The van der Waals surface area contributed by atoms with Gasteiger partial charge in [0, 0.05) is 5.92 Å². The van der Waals surface area contributed by atoms with Crippen molar-refractivity contribution in [3.8, 4) is 23.7 Å². The molecule has 0 aliphatic carbocycles. The summed E-state index contributed by atoms with van der Waals surface area (Å²) < 4.78 is 0. The van der Waals surface area contributed by atoms with Gasteiger partial charge in [0.2, 0.25) is 0 Å². The summed E-state index contributed by atoms with van der Waals surface area (Å²) in [4.78, 5) is 20.3. The van der Waals surface area contributed by atoms with Crippen LogP contribution < -0.4 is 0 Å². The zero-order valence-electron chi connectivity index (χ0n) is 10.2. The van der Waals surface area contributed by atoms with Gasteiger partial charge in [0.15, 0.2) is 5.60 Å². The van der Waals surface area contributed by atoms with Gasteiger partial charge in [-0.2, -0.15) is 0 Å². The van der Waals surface area contributed by atoms with Crippen LogP contribution in [0.15, 0.2) is 0 Å². The Morgan fingerprint density at radius 3 is 2.06 bits per heavy atom. The van der Waals surface area contributed by atoms with Crippen LogP contribution in [0.5, 0.6) is 0 Å². The molecule has 16 heavy (non-hydrogen) atoms. The van der Waals surface area contributed by atoms with E-state index in [1.807, 2.05) is 26.7 Å². The number of aliphatic carboxylic acids is 1. The molecule has 0 bridgehead atoms. The normalized spacial score (nSPS) is 10.8. The lowest BCUT2D eigenvalue weighted by atomic mass is 10.1. The molecule has 0 saturated heterocycles. The molecule has 0 aliphatic rings. The van der Waals surface area contributed by atoms with Crippen molar-refractivity contribution < 1.29 is 19.7 Å². The first-order valence-corrected chi connectivity index (χ1v) is 4.75.